The number of rotatable bonds is 6. The van der Waals surface area contributed by atoms with Crippen LogP contribution < -0.4 is 10.6 Å². The molecule has 0 aliphatic carbocycles. The lowest BCUT2D eigenvalue weighted by Gasteiger charge is -2.37. The summed E-state index contributed by atoms with van der Waals surface area (Å²) >= 11 is 5.48. The lowest BCUT2D eigenvalue weighted by molar-refractivity contribution is -0.139. The Morgan fingerprint density at radius 3 is 2.61 bits per heavy atom. The molecule has 0 spiro atoms. The minimum atomic E-state index is -0.599. The van der Waals surface area contributed by atoms with Gasteiger partial charge in [-0.2, -0.15) is 0 Å². The second kappa shape index (κ2) is 9.70. The predicted molar refractivity (Wildman–Crippen MR) is 121 cm³/mol. The molecule has 1 atom stereocenters. The number of halogens is 1. The lowest BCUT2D eigenvalue weighted by atomic mass is 9.94. The Morgan fingerprint density at radius 1 is 1.19 bits per heavy atom. The molecule has 0 saturated carbocycles. The van der Waals surface area contributed by atoms with Gasteiger partial charge in [0.1, 0.15) is 5.82 Å². The van der Waals surface area contributed by atoms with E-state index in [0.717, 1.165) is 5.70 Å². The molecule has 6 nitrogen and oxygen atoms in total. The highest BCUT2D eigenvalue weighted by Crippen LogP contribution is 2.32. The van der Waals surface area contributed by atoms with Crippen LogP contribution in [0.2, 0.25) is 0 Å². The number of nitrogens with zero attached hydrogens (tertiary/aromatic N) is 1. The molecule has 1 aliphatic heterocycles. The summed E-state index contributed by atoms with van der Waals surface area (Å²) in [5.41, 5.74) is 2.31. The van der Waals surface area contributed by atoms with Crippen LogP contribution in [0.25, 0.3) is 0 Å². The van der Waals surface area contributed by atoms with Crippen molar-refractivity contribution in [2.75, 3.05) is 18.5 Å². The van der Waals surface area contributed by atoms with E-state index in [0.29, 0.717) is 28.5 Å². The Hall–Kier alpha value is -3.26. The van der Waals surface area contributed by atoms with Crippen molar-refractivity contribution in [3.8, 4) is 0 Å². The van der Waals surface area contributed by atoms with Gasteiger partial charge < -0.3 is 20.3 Å². The van der Waals surface area contributed by atoms with E-state index in [9.17, 15) is 14.0 Å². The van der Waals surface area contributed by atoms with Gasteiger partial charge in [0.05, 0.1) is 23.8 Å². The number of thiocarbonyl (C=S) groups is 1. The van der Waals surface area contributed by atoms with Crippen LogP contribution in [0.3, 0.4) is 0 Å². The second-order valence-corrected chi connectivity index (χ2v) is 7.29. The van der Waals surface area contributed by atoms with Gasteiger partial charge in [0.15, 0.2) is 5.11 Å². The van der Waals surface area contributed by atoms with Crippen molar-refractivity contribution in [3.63, 3.8) is 0 Å². The number of ether oxygens (including phenoxy) is 1. The molecule has 1 unspecified atom stereocenters. The fourth-order valence-electron chi connectivity index (χ4n) is 3.53. The third kappa shape index (κ3) is 4.74. The fourth-order valence-corrected chi connectivity index (χ4v) is 3.91. The molecule has 2 aromatic rings. The minimum Gasteiger partial charge on any atom is -0.463 e. The summed E-state index contributed by atoms with van der Waals surface area (Å²) in [5, 5.41) is 6.41. The normalized spacial score (nSPS) is 16.1. The van der Waals surface area contributed by atoms with Gasteiger partial charge in [0.25, 0.3) is 5.91 Å². The zero-order valence-electron chi connectivity index (χ0n) is 17.6. The maximum absolute atomic E-state index is 13.9. The molecule has 1 heterocycles. The Labute approximate surface area is 186 Å². The SMILES string of the molecule is CCOC(=O)C1=C(C)N(CC)C(=S)NC1c1cccc(NC(=O)c2ccccc2F)c1. The quantitative estimate of drug-likeness (QED) is 0.518. The van der Waals surface area contributed by atoms with Gasteiger partial charge >= 0.3 is 5.97 Å². The van der Waals surface area contributed by atoms with E-state index < -0.39 is 23.7 Å². The summed E-state index contributed by atoms with van der Waals surface area (Å²) in [6, 6.07) is 12.2. The molecule has 0 radical (unpaired) electrons. The van der Waals surface area contributed by atoms with Gasteiger partial charge in [0.2, 0.25) is 0 Å². The van der Waals surface area contributed by atoms with Crippen LogP contribution >= 0.6 is 12.2 Å². The van der Waals surface area contributed by atoms with E-state index in [2.05, 4.69) is 10.6 Å². The molecule has 1 amide bonds. The van der Waals surface area contributed by atoms with Crippen molar-refractivity contribution in [1.82, 2.24) is 10.2 Å². The maximum atomic E-state index is 13.9. The van der Waals surface area contributed by atoms with Gasteiger partial charge in [-0.05, 0) is 62.8 Å². The highest BCUT2D eigenvalue weighted by molar-refractivity contribution is 7.80. The summed E-state index contributed by atoms with van der Waals surface area (Å²) in [4.78, 5) is 27.1. The van der Waals surface area contributed by atoms with Gasteiger partial charge in [0, 0.05) is 17.9 Å². The van der Waals surface area contributed by atoms with Crippen molar-refractivity contribution in [2.45, 2.75) is 26.8 Å². The largest absolute Gasteiger partial charge is 0.463 e. The number of benzene rings is 2. The van der Waals surface area contributed by atoms with Crippen LogP contribution in [0.4, 0.5) is 10.1 Å². The zero-order valence-corrected chi connectivity index (χ0v) is 18.4. The number of amides is 1. The van der Waals surface area contributed by atoms with Crippen LogP contribution in [0.1, 0.15) is 42.7 Å². The third-order valence-electron chi connectivity index (χ3n) is 5.00. The summed E-state index contributed by atoms with van der Waals surface area (Å²) in [5.74, 6) is -1.59. The topological polar surface area (TPSA) is 70.7 Å². The molecule has 8 heteroatoms. The molecule has 162 valence electrons. The smallest absolute Gasteiger partial charge is 0.338 e. The number of carbonyl (C=O) groups is 2. The van der Waals surface area contributed by atoms with Gasteiger partial charge in [-0.15, -0.1) is 0 Å². The van der Waals surface area contributed by atoms with Crippen molar-refractivity contribution >= 4 is 34.9 Å². The van der Waals surface area contributed by atoms with Gasteiger partial charge in [-0.25, -0.2) is 9.18 Å². The maximum Gasteiger partial charge on any atom is 0.338 e. The number of carbonyl (C=O) groups excluding carboxylic acids is 2. The third-order valence-corrected chi connectivity index (χ3v) is 5.34. The lowest BCUT2D eigenvalue weighted by Crippen LogP contribution is -2.47. The van der Waals surface area contributed by atoms with E-state index in [4.69, 9.17) is 17.0 Å². The van der Waals surface area contributed by atoms with Crippen molar-refractivity contribution < 1.29 is 18.7 Å². The number of hydrogen-bond acceptors (Lipinski definition) is 4. The number of allylic oxidation sites excluding steroid dienone is 1. The Bertz CT molecular complexity index is 1050. The standard InChI is InChI=1S/C23H24FN3O3S/c1-4-27-14(3)19(22(29)30-5-2)20(26-23(27)31)15-9-8-10-16(13-15)25-21(28)17-11-6-7-12-18(17)24/h6-13,20H,4-5H2,1-3H3,(H,25,28)(H,26,31). The Kier molecular flexibility index (Phi) is 7.02. The first-order valence-corrected chi connectivity index (χ1v) is 10.4. The predicted octanol–water partition coefficient (Wildman–Crippen LogP) is 4.17. The van der Waals surface area contributed by atoms with Crippen LogP contribution in [-0.2, 0) is 9.53 Å². The first kappa shape index (κ1) is 22.4. The van der Waals surface area contributed by atoms with Gasteiger partial charge in [-0.1, -0.05) is 24.3 Å². The van der Waals surface area contributed by atoms with E-state index in [-0.39, 0.29) is 12.2 Å². The van der Waals surface area contributed by atoms with Crippen LogP contribution in [0.5, 0.6) is 0 Å². The Balaban J connectivity index is 1.95. The summed E-state index contributed by atoms with van der Waals surface area (Å²) < 4.78 is 19.2. The first-order valence-electron chi connectivity index (χ1n) is 9.99. The molecule has 0 saturated heterocycles. The van der Waals surface area contributed by atoms with E-state index in [1.807, 2.05) is 24.8 Å². The average Bonchev–Trinajstić information content (AvgIpc) is 2.74. The molecule has 3 rings (SSSR count). The number of anilines is 1. The number of nitrogens with one attached hydrogen (secondary N) is 2. The molecular formula is C23H24FN3O3S. The van der Waals surface area contributed by atoms with Crippen molar-refractivity contribution in [2.24, 2.45) is 0 Å². The number of hydrogen-bond donors (Lipinski definition) is 2. The zero-order chi connectivity index (χ0) is 22.5. The van der Waals surface area contributed by atoms with Crippen LogP contribution in [0.15, 0.2) is 59.8 Å². The summed E-state index contributed by atoms with van der Waals surface area (Å²) in [6.07, 6.45) is 0. The minimum absolute atomic E-state index is 0.0496. The van der Waals surface area contributed by atoms with Crippen LogP contribution in [-0.4, -0.2) is 35.0 Å². The summed E-state index contributed by atoms with van der Waals surface area (Å²) in [7, 11) is 0. The highest BCUT2D eigenvalue weighted by Gasteiger charge is 2.34. The Morgan fingerprint density at radius 2 is 1.94 bits per heavy atom. The molecule has 0 bridgehead atoms. The monoisotopic (exact) mass is 441 g/mol. The average molecular weight is 442 g/mol. The van der Waals surface area contributed by atoms with Crippen molar-refractivity contribution in [3.05, 3.63) is 76.7 Å². The number of esters is 1. The van der Waals surface area contributed by atoms with Crippen molar-refractivity contribution in [1.29, 1.82) is 0 Å². The molecule has 31 heavy (non-hydrogen) atoms. The molecule has 1 aliphatic rings. The second-order valence-electron chi connectivity index (χ2n) is 6.91. The van der Waals surface area contributed by atoms with E-state index in [1.54, 1.807) is 31.2 Å². The molecule has 2 N–H and O–H groups in total. The van der Waals surface area contributed by atoms with Crippen LogP contribution in [0, 0.1) is 5.82 Å². The molecular weight excluding hydrogens is 417 g/mol. The van der Waals surface area contributed by atoms with Gasteiger partial charge in [-0.3, -0.25) is 4.79 Å². The fraction of sp³-hybridized carbons (Fsp3) is 0.261. The highest BCUT2D eigenvalue weighted by atomic mass is 32.1. The molecule has 2 aromatic carbocycles. The van der Waals surface area contributed by atoms with E-state index in [1.165, 1.54) is 18.2 Å². The molecule has 0 fully saturated rings. The molecule has 0 aromatic heterocycles. The summed E-state index contributed by atoms with van der Waals surface area (Å²) in [6.45, 7) is 6.38. The van der Waals surface area contributed by atoms with E-state index >= 15 is 0 Å². The first-order chi connectivity index (χ1) is 14.9.